The quantitative estimate of drug-likeness (QED) is 0.686. The number of ether oxygens (including phenoxy) is 1. The maximum atomic E-state index is 11.6. The summed E-state index contributed by atoms with van der Waals surface area (Å²) in [6.45, 7) is 4.79. The van der Waals surface area contributed by atoms with Crippen molar-refractivity contribution in [2.24, 2.45) is 0 Å². The van der Waals surface area contributed by atoms with Crippen molar-refractivity contribution >= 4 is 5.97 Å². The normalized spacial score (nSPS) is 14.6. The first-order chi connectivity index (χ1) is 7.12. The molecule has 0 saturated carbocycles. The Bertz CT molecular complexity index is 312. The molecule has 0 aliphatic heterocycles. The second kappa shape index (κ2) is 4.88. The van der Waals surface area contributed by atoms with Crippen LogP contribution >= 0.6 is 0 Å². The zero-order valence-electron chi connectivity index (χ0n) is 9.23. The first kappa shape index (κ1) is 11.6. The Balaban J connectivity index is 2.77. The largest absolute Gasteiger partial charge is 0.468 e. The zero-order chi connectivity index (χ0) is 11.3. The van der Waals surface area contributed by atoms with Crippen molar-refractivity contribution < 1.29 is 9.53 Å². The van der Waals surface area contributed by atoms with E-state index in [1.54, 1.807) is 17.9 Å². The molecule has 0 spiro atoms. The van der Waals surface area contributed by atoms with Gasteiger partial charge in [0, 0.05) is 0 Å². The van der Waals surface area contributed by atoms with Crippen LogP contribution in [0, 0.1) is 0 Å². The van der Waals surface area contributed by atoms with Crippen LogP contribution in [0.3, 0.4) is 0 Å². The van der Waals surface area contributed by atoms with Crippen LogP contribution in [0.4, 0.5) is 0 Å². The van der Waals surface area contributed by atoms with E-state index in [-0.39, 0.29) is 5.97 Å². The lowest BCUT2D eigenvalue weighted by Crippen LogP contribution is -2.53. The van der Waals surface area contributed by atoms with Crippen LogP contribution < -0.4 is 5.32 Å². The predicted molar refractivity (Wildman–Crippen MR) is 54.1 cm³/mol. The molecule has 0 radical (unpaired) electrons. The summed E-state index contributed by atoms with van der Waals surface area (Å²) in [5, 5.41) is 7.04. The van der Waals surface area contributed by atoms with Gasteiger partial charge in [0.25, 0.3) is 0 Å². The number of aromatic nitrogens is 3. The Morgan fingerprint density at radius 1 is 1.67 bits per heavy atom. The van der Waals surface area contributed by atoms with Crippen LogP contribution in [0.5, 0.6) is 0 Å². The molecule has 0 amide bonds. The molecular formula is C9H16N4O2. The average Bonchev–Trinajstić information content (AvgIpc) is 2.69. The van der Waals surface area contributed by atoms with E-state index in [0.717, 1.165) is 0 Å². The first-order valence-electron chi connectivity index (χ1n) is 4.78. The highest BCUT2D eigenvalue weighted by molar-refractivity contribution is 5.80. The fourth-order valence-electron chi connectivity index (χ4n) is 1.45. The van der Waals surface area contributed by atoms with Crippen molar-refractivity contribution in [2.75, 3.05) is 13.7 Å². The van der Waals surface area contributed by atoms with Crippen LogP contribution in [0.15, 0.2) is 12.7 Å². The number of rotatable bonds is 5. The van der Waals surface area contributed by atoms with Gasteiger partial charge in [0.2, 0.25) is 0 Å². The summed E-state index contributed by atoms with van der Waals surface area (Å²) in [5.74, 6) is -0.306. The molecule has 0 aromatic carbocycles. The molecule has 1 atom stereocenters. The molecule has 1 heterocycles. The van der Waals surface area contributed by atoms with Crippen molar-refractivity contribution in [2.45, 2.75) is 25.9 Å². The maximum Gasteiger partial charge on any atom is 0.327 e. The van der Waals surface area contributed by atoms with Crippen LogP contribution in [-0.2, 0) is 16.1 Å². The molecular weight excluding hydrogens is 196 g/mol. The molecule has 1 N–H and O–H groups in total. The second-order valence-electron chi connectivity index (χ2n) is 3.45. The van der Waals surface area contributed by atoms with E-state index in [1.165, 1.54) is 13.4 Å². The highest BCUT2D eigenvalue weighted by Crippen LogP contribution is 2.08. The molecule has 1 aromatic heterocycles. The standard InChI is InChI=1S/C9H16N4O2/c1-4-11-9(2,8(14)15-3)5-13-7-10-6-12-13/h6-7,11H,4-5H2,1-3H3. The molecule has 84 valence electrons. The minimum atomic E-state index is -0.767. The van der Waals surface area contributed by atoms with Gasteiger partial charge in [-0.15, -0.1) is 0 Å². The van der Waals surface area contributed by atoms with E-state index in [0.29, 0.717) is 13.1 Å². The zero-order valence-corrected chi connectivity index (χ0v) is 9.23. The van der Waals surface area contributed by atoms with E-state index in [4.69, 9.17) is 4.74 Å². The third-order valence-corrected chi connectivity index (χ3v) is 2.15. The van der Waals surface area contributed by atoms with Gasteiger partial charge in [0.05, 0.1) is 13.7 Å². The SMILES string of the molecule is CCNC(C)(Cn1cncn1)C(=O)OC. The highest BCUT2D eigenvalue weighted by Gasteiger charge is 2.34. The number of carbonyl (C=O) groups is 1. The fourth-order valence-corrected chi connectivity index (χ4v) is 1.45. The monoisotopic (exact) mass is 212 g/mol. The van der Waals surface area contributed by atoms with E-state index >= 15 is 0 Å². The Hall–Kier alpha value is -1.43. The molecule has 6 heteroatoms. The van der Waals surface area contributed by atoms with Crippen molar-refractivity contribution in [3.63, 3.8) is 0 Å². The van der Waals surface area contributed by atoms with Gasteiger partial charge in [0.1, 0.15) is 18.2 Å². The smallest absolute Gasteiger partial charge is 0.327 e. The Kier molecular flexibility index (Phi) is 3.79. The van der Waals surface area contributed by atoms with Crippen molar-refractivity contribution in [1.82, 2.24) is 20.1 Å². The third kappa shape index (κ3) is 2.76. The van der Waals surface area contributed by atoms with Crippen LogP contribution in [0.2, 0.25) is 0 Å². The van der Waals surface area contributed by atoms with Gasteiger partial charge in [-0.3, -0.25) is 4.68 Å². The highest BCUT2D eigenvalue weighted by atomic mass is 16.5. The summed E-state index contributed by atoms with van der Waals surface area (Å²) in [4.78, 5) is 15.4. The summed E-state index contributed by atoms with van der Waals surface area (Å²) in [7, 11) is 1.37. The molecule has 0 aliphatic rings. The van der Waals surface area contributed by atoms with Gasteiger partial charge in [-0.2, -0.15) is 5.10 Å². The minimum Gasteiger partial charge on any atom is -0.468 e. The molecule has 1 aromatic rings. The third-order valence-electron chi connectivity index (χ3n) is 2.15. The van der Waals surface area contributed by atoms with Gasteiger partial charge in [-0.25, -0.2) is 9.78 Å². The van der Waals surface area contributed by atoms with Crippen molar-refractivity contribution in [3.05, 3.63) is 12.7 Å². The summed E-state index contributed by atoms with van der Waals surface area (Å²) in [6.07, 6.45) is 3.00. The topological polar surface area (TPSA) is 69.0 Å². The van der Waals surface area contributed by atoms with Crippen LogP contribution in [-0.4, -0.2) is 39.9 Å². The number of nitrogens with one attached hydrogen (secondary N) is 1. The van der Waals surface area contributed by atoms with Crippen LogP contribution in [0.25, 0.3) is 0 Å². The molecule has 6 nitrogen and oxygen atoms in total. The van der Waals surface area contributed by atoms with E-state index in [1.807, 2.05) is 6.92 Å². The van der Waals surface area contributed by atoms with Gasteiger partial charge in [-0.05, 0) is 13.5 Å². The summed E-state index contributed by atoms with van der Waals surface area (Å²) in [6, 6.07) is 0. The van der Waals surface area contributed by atoms with E-state index in [9.17, 15) is 4.79 Å². The molecule has 1 unspecified atom stereocenters. The molecule has 0 bridgehead atoms. The van der Waals surface area contributed by atoms with Crippen molar-refractivity contribution in [1.29, 1.82) is 0 Å². The van der Waals surface area contributed by atoms with Crippen molar-refractivity contribution in [3.8, 4) is 0 Å². The molecule has 15 heavy (non-hydrogen) atoms. The maximum absolute atomic E-state index is 11.6. The number of likely N-dealkylation sites (N-methyl/N-ethyl adjacent to an activating group) is 1. The Morgan fingerprint density at radius 3 is 2.87 bits per heavy atom. The summed E-state index contributed by atoms with van der Waals surface area (Å²) in [5.41, 5.74) is -0.767. The molecule has 1 rings (SSSR count). The Morgan fingerprint density at radius 2 is 2.40 bits per heavy atom. The van der Waals surface area contributed by atoms with Gasteiger partial charge < -0.3 is 10.1 Å². The number of methoxy groups -OCH3 is 1. The average molecular weight is 212 g/mol. The molecule has 0 saturated heterocycles. The Labute approximate surface area is 88.6 Å². The number of hydrogen-bond acceptors (Lipinski definition) is 5. The van der Waals surface area contributed by atoms with Gasteiger partial charge in [0.15, 0.2) is 0 Å². The lowest BCUT2D eigenvalue weighted by Gasteiger charge is -2.26. The number of carbonyl (C=O) groups excluding carboxylic acids is 1. The number of hydrogen-bond donors (Lipinski definition) is 1. The van der Waals surface area contributed by atoms with Crippen LogP contribution in [0.1, 0.15) is 13.8 Å². The minimum absolute atomic E-state index is 0.306. The fraction of sp³-hybridized carbons (Fsp3) is 0.667. The lowest BCUT2D eigenvalue weighted by atomic mass is 10.0. The van der Waals surface area contributed by atoms with Gasteiger partial charge >= 0.3 is 5.97 Å². The van der Waals surface area contributed by atoms with Gasteiger partial charge in [-0.1, -0.05) is 6.92 Å². The predicted octanol–water partition coefficient (Wildman–Crippen LogP) is -0.181. The number of nitrogens with zero attached hydrogens (tertiary/aromatic N) is 3. The second-order valence-corrected chi connectivity index (χ2v) is 3.45. The van der Waals surface area contributed by atoms with E-state index in [2.05, 4.69) is 15.4 Å². The summed E-state index contributed by atoms with van der Waals surface area (Å²) >= 11 is 0. The first-order valence-corrected chi connectivity index (χ1v) is 4.78. The number of esters is 1. The molecule has 0 aliphatic carbocycles. The lowest BCUT2D eigenvalue weighted by molar-refractivity contribution is -0.148. The molecule has 0 fully saturated rings. The summed E-state index contributed by atoms with van der Waals surface area (Å²) < 4.78 is 6.35. The van der Waals surface area contributed by atoms with E-state index < -0.39 is 5.54 Å².